The van der Waals surface area contributed by atoms with E-state index in [1.165, 1.54) is 10.4 Å². The van der Waals surface area contributed by atoms with E-state index in [1.807, 2.05) is 13.8 Å². The molecular weight excluding hydrogens is 558 g/mol. The average molecular weight is 587 g/mol. The molecule has 6 nitrogen and oxygen atoms in total. The second-order valence-corrected chi connectivity index (χ2v) is 12.1. The van der Waals surface area contributed by atoms with E-state index < -0.39 is 37.9 Å². The Morgan fingerprint density at radius 1 is 1.28 bits per heavy atom. The number of halogens is 4. The number of alkyl halides is 4. The highest BCUT2D eigenvalue weighted by Gasteiger charge is 2.48. The number of benzene rings is 1. The summed E-state index contributed by atoms with van der Waals surface area (Å²) in [5.74, 6) is 0.0291. The lowest BCUT2D eigenvalue weighted by Crippen LogP contribution is -2.59. The first-order chi connectivity index (χ1) is 14.8. The van der Waals surface area contributed by atoms with Crippen molar-refractivity contribution in [1.29, 1.82) is 0 Å². The number of hydrogen-bond acceptors (Lipinski definition) is 4. The second-order valence-electron chi connectivity index (χ2n) is 8.94. The zero-order valence-corrected chi connectivity index (χ0v) is 21.0. The Hall–Kier alpha value is -0.920. The number of rotatable bonds is 7. The maximum Gasteiger partial charge on any atom is 0.416 e. The van der Waals surface area contributed by atoms with E-state index in [1.54, 1.807) is 4.90 Å². The third-order valence-corrected chi connectivity index (χ3v) is 9.29. The second kappa shape index (κ2) is 9.75. The molecule has 32 heavy (non-hydrogen) atoms. The molecule has 1 aromatic carbocycles. The van der Waals surface area contributed by atoms with Gasteiger partial charge in [-0.2, -0.15) is 17.5 Å². The summed E-state index contributed by atoms with van der Waals surface area (Å²) in [7, 11) is -4.18. The van der Waals surface area contributed by atoms with Crippen LogP contribution in [0, 0.1) is 5.92 Å². The van der Waals surface area contributed by atoms with Gasteiger partial charge in [-0.3, -0.25) is 4.79 Å². The molecule has 0 radical (unpaired) electrons. The summed E-state index contributed by atoms with van der Waals surface area (Å²) >= 11 is 2.08. The maximum absolute atomic E-state index is 13.5. The molecule has 2 N–H and O–H groups in total. The van der Waals surface area contributed by atoms with Crippen LogP contribution in [0.25, 0.3) is 0 Å². The predicted molar refractivity (Wildman–Crippen MR) is 123 cm³/mol. The van der Waals surface area contributed by atoms with Crippen molar-refractivity contribution in [3.8, 4) is 0 Å². The van der Waals surface area contributed by atoms with E-state index >= 15 is 0 Å². The summed E-state index contributed by atoms with van der Waals surface area (Å²) in [6, 6.07) is 2.41. The number of sulfonamides is 1. The number of carbonyl (C=O) groups is 1. The van der Waals surface area contributed by atoms with E-state index in [0.29, 0.717) is 44.7 Å². The lowest BCUT2D eigenvalue weighted by Gasteiger charge is -2.43. The van der Waals surface area contributed by atoms with Gasteiger partial charge < -0.3 is 10.6 Å². The minimum absolute atomic E-state index is 0.213. The zero-order chi connectivity index (χ0) is 23.8. The van der Waals surface area contributed by atoms with Gasteiger partial charge in [-0.05, 0) is 56.2 Å². The van der Waals surface area contributed by atoms with Gasteiger partial charge >= 0.3 is 6.18 Å². The van der Waals surface area contributed by atoms with E-state index in [2.05, 4.69) is 22.6 Å². The summed E-state index contributed by atoms with van der Waals surface area (Å²) in [4.78, 5) is 14.2. The van der Waals surface area contributed by atoms with Gasteiger partial charge in [0.05, 0.1) is 22.5 Å². The highest BCUT2D eigenvalue weighted by Crippen LogP contribution is 2.40. The normalized spacial score (nSPS) is 23.6. The molecule has 1 amide bonds. The van der Waals surface area contributed by atoms with Crippen molar-refractivity contribution in [3.63, 3.8) is 0 Å². The van der Waals surface area contributed by atoms with Crippen LogP contribution in [0.2, 0.25) is 0 Å². The Balaban J connectivity index is 1.90. The van der Waals surface area contributed by atoms with Crippen molar-refractivity contribution in [2.45, 2.75) is 79.2 Å². The van der Waals surface area contributed by atoms with E-state index in [9.17, 15) is 26.4 Å². The number of hydrogen-bond donors (Lipinski definition) is 1. The van der Waals surface area contributed by atoms with Crippen LogP contribution < -0.4 is 5.73 Å². The Morgan fingerprint density at radius 2 is 1.94 bits per heavy atom. The van der Waals surface area contributed by atoms with Gasteiger partial charge in [0.15, 0.2) is 0 Å². The van der Waals surface area contributed by atoms with Crippen molar-refractivity contribution in [3.05, 3.63) is 29.8 Å². The standard InChI is InChI=1S/C21H29F3IN3O3S/c1-13(2)11-17(26)20(29)27-10-4-7-18(19(27)25)28(15-8-9-15)32(30,31)16-6-3-5-14(12-16)21(22,23)24/h3,5-6,12-13,15,17-19H,4,7-11,26H2,1-2H3. The van der Waals surface area contributed by atoms with Crippen LogP contribution in [0.4, 0.5) is 13.2 Å². The van der Waals surface area contributed by atoms with E-state index in [-0.39, 0.29) is 22.8 Å². The van der Waals surface area contributed by atoms with Crippen LogP contribution in [0.3, 0.4) is 0 Å². The molecule has 3 rings (SSSR count). The van der Waals surface area contributed by atoms with E-state index in [4.69, 9.17) is 5.73 Å². The number of carbonyl (C=O) groups excluding carboxylic acids is 1. The molecule has 180 valence electrons. The fraction of sp³-hybridized carbons (Fsp3) is 0.667. The smallest absolute Gasteiger partial charge is 0.328 e. The highest BCUT2D eigenvalue weighted by molar-refractivity contribution is 14.1. The Kier molecular flexibility index (Phi) is 7.83. The highest BCUT2D eigenvalue weighted by atomic mass is 127. The minimum Gasteiger partial charge on any atom is -0.328 e. The van der Waals surface area contributed by atoms with Gasteiger partial charge in [0.25, 0.3) is 0 Å². The lowest BCUT2D eigenvalue weighted by atomic mass is 10.0. The molecule has 2 fully saturated rings. The summed E-state index contributed by atoms with van der Waals surface area (Å²) in [6.07, 6.45) is -1.67. The fourth-order valence-electron chi connectivity index (χ4n) is 4.17. The molecule has 1 aliphatic heterocycles. The van der Waals surface area contributed by atoms with Crippen LogP contribution in [0.1, 0.15) is 51.5 Å². The SMILES string of the molecule is CC(C)CC(N)C(=O)N1CCCC(N(C2CC2)S(=O)(=O)c2cccc(C(F)(F)F)c2)C1I. The third-order valence-electron chi connectivity index (χ3n) is 5.81. The molecule has 3 unspecified atom stereocenters. The monoisotopic (exact) mass is 587 g/mol. The van der Waals surface area contributed by atoms with Crippen LogP contribution in [0.15, 0.2) is 29.2 Å². The van der Waals surface area contributed by atoms with Crippen molar-refractivity contribution < 1.29 is 26.4 Å². The Labute approximate surface area is 200 Å². The van der Waals surface area contributed by atoms with Gasteiger partial charge in [-0.15, -0.1) is 0 Å². The topological polar surface area (TPSA) is 83.7 Å². The average Bonchev–Trinajstić information content (AvgIpc) is 3.52. The summed E-state index contributed by atoms with van der Waals surface area (Å²) < 4.78 is 67.5. The molecule has 0 spiro atoms. The predicted octanol–water partition coefficient (Wildman–Crippen LogP) is 3.98. The van der Waals surface area contributed by atoms with Crippen LogP contribution in [-0.4, -0.2) is 52.2 Å². The largest absolute Gasteiger partial charge is 0.416 e. The summed E-state index contributed by atoms with van der Waals surface area (Å²) in [5, 5.41) is 0. The molecule has 1 heterocycles. The third kappa shape index (κ3) is 5.58. The number of amides is 1. The van der Waals surface area contributed by atoms with E-state index in [0.717, 1.165) is 12.1 Å². The first kappa shape index (κ1) is 25.7. The number of likely N-dealkylation sites (tertiary alicyclic amines) is 1. The Morgan fingerprint density at radius 3 is 2.50 bits per heavy atom. The molecule has 0 bridgehead atoms. The Bertz CT molecular complexity index is 938. The molecule has 0 aromatic heterocycles. The number of nitrogens with two attached hydrogens (primary N) is 1. The minimum atomic E-state index is -4.64. The maximum atomic E-state index is 13.5. The molecular formula is C21H29F3IN3O3S. The summed E-state index contributed by atoms with van der Waals surface area (Å²) in [5.41, 5.74) is 5.11. The molecule has 1 aromatic rings. The molecule has 11 heteroatoms. The zero-order valence-electron chi connectivity index (χ0n) is 18.1. The molecule has 1 saturated carbocycles. The van der Waals surface area contributed by atoms with Gasteiger partial charge in [0.2, 0.25) is 15.9 Å². The van der Waals surface area contributed by atoms with Gasteiger partial charge in [0, 0.05) is 12.6 Å². The fourth-order valence-corrected chi connectivity index (χ4v) is 7.60. The first-order valence-electron chi connectivity index (χ1n) is 10.7. The molecule has 3 atom stereocenters. The van der Waals surface area contributed by atoms with Crippen molar-refractivity contribution >= 4 is 38.5 Å². The van der Waals surface area contributed by atoms with Crippen LogP contribution in [0.5, 0.6) is 0 Å². The quantitative estimate of drug-likeness (QED) is 0.297. The first-order valence-corrected chi connectivity index (χ1v) is 13.4. The lowest BCUT2D eigenvalue weighted by molar-refractivity contribution is -0.138. The van der Waals surface area contributed by atoms with Crippen molar-refractivity contribution in [1.82, 2.24) is 9.21 Å². The van der Waals surface area contributed by atoms with Crippen LogP contribution >= 0.6 is 22.6 Å². The van der Waals surface area contributed by atoms with Gasteiger partial charge in [0.1, 0.15) is 4.05 Å². The molecule has 2 aliphatic rings. The number of piperidine rings is 1. The summed E-state index contributed by atoms with van der Waals surface area (Å²) in [6.45, 7) is 4.44. The van der Waals surface area contributed by atoms with Crippen molar-refractivity contribution in [2.24, 2.45) is 11.7 Å². The number of nitrogens with zero attached hydrogens (tertiary/aromatic N) is 2. The molecule has 1 saturated heterocycles. The van der Waals surface area contributed by atoms with Gasteiger partial charge in [-0.1, -0.05) is 42.5 Å². The van der Waals surface area contributed by atoms with Gasteiger partial charge in [-0.25, -0.2) is 8.42 Å². The molecule has 1 aliphatic carbocycles. The van der Waals surface area contributed by atoms with Crippen LogP contribution in [-0.2, 0) is 21.0 Å². The van der Waals surface area contributed by atoms with Crippen molar-refractivity contribution in [2.75, 3.05) is 6.54 Å².